The van der Waals surface area contributed by atoms with Gasteiger partial charge in [0, 0.05) is 24.1 Å². The number of ether oxygens (including phenoxy) is 1. The molecule has 2 aromatic rings. The zero-order valence-corrected chi connectivity index (χ0v) is 15.3. The van der Waals surface area contributed by atoms with Gasteiger partial charge in [0.15, 0.2) is 6.10 Å². The number of halogens is 3. The van der Waals surface area contributed by atoms with Gasteiger partial charge in [-0.15, -0.1) is 12.4 Å². The number of phenols is 1. The summed E-state index contributed by atoms with van der Waals surface area (Å²) in [5, 5.41) is 19.4. The molecule has 2 aromatic carbocycles. The van der Waals surface area contributed by atoms with Gasteiger partial charge in [0.05, 0.1) is 5.02 Å². The summed E-state index contributed by atoms with van der Waals surface area (Å²) in [4.78, 5) is 11.1. The number of benzene rings is 2. The van der Waals surface area contributed by atoms with Crippen LogP contribution in [-0.4, -0.2) is 22.3 Å². The second-order valence-electron chi connectivity index (χ2n) is 5.64. The largest absolute Gasteiger partial charge is 0.508 e. The highest BCUT2D eigenvalue weighted by Gasteiger charge is 2.32. The minimum atomic E-state index is -1.04. The molecule has 1 heterocycles. The molecule has 0 saturated heterocycles. The summed E-state index contributed by atoms with van der Waals surface area (Å²) < 4.78 is 5.37. The third-order valence-corrected chi connectivity index (χ3v) is 4.90. The van der Waals surface area contributed by atoms with Crippen LogP contribution in [0.3, 0.4) is 0 Å². The highest BCUT2D eigenvalue weighted by Crippen LogP contribution is 2.43. The van der Waals surface area contributed by atoms with Crippen molar-refractivity contribution in [1.82, 2.24) is 0 Å². The Bertz CT molecular complexity index is 826. The van der Waals surface area contributed by atoms with E-state index < -0.39 is 12.1 Å². The normalized spacial score (nSPS) is 15.2. The van der Waals surface area contributed by atoms with E-state index in [0.717, 1.165) is 16.7 Å². The van der Waals surface area contributed by atoms with E-state index in [-0.39, 0.29) is 36.1 Å². The predicted octanol–water partition coefficient (Wildman–Crippen LogP) is 3.56. The second-order valence-corrected chi connectivity index (χ2v) is 6.40. The summed E-state index contributed by atoms with van der Waals surface area (Å²) in [7, 11) is 0. The Balaban J connectivity index is 0.00000225. The van der Waals surface area contributed by atoms with E-state index in [2.05, 4.69) is 0 Å². The lowest BCUT2D eigenvalue weighted by atomic mass is 9.99. The van der Waals surface area contributed by atoms with E-state index in [1.165, 1.54) is 0 Å². The maximum absolute atomic E-state index is 11.1. The number of nitrogens with two attached hydrogens (primary N) is 1. The summed E-state index contributed by atoms with van der Waals surface area (Å²) in [6.45, 7) is 0.229. The molecular formula is C17H16Cl3NO4. The topological polar surface area (TPSA) is 92.8 Å². The summed E-state index contributed by atoms with van der Waals surface area (Å²) >= 11 is 12.6. The maximum Gasteiger partial charge on any atom is 0.345 e. The lowest BCUT2D eigenvalue weighted by Gasteiger charge is -2.12. The standard InChI is InChI=1S/C17H15Cl2NO4.ClH/c18-14-9(3-8-1-2-12(21)11(4-8)7-20)5-10-6-13(17(22)23)24-16(10)15(14)19;/h1-2,4-5,13,21H,3,6-7,20H2,(H,22,23);1H. The molecule has 0 aromatic heterocycles. The van der Waals surface area contributed by atoms with E-state index in [9.17, 15) is 9.90 Å². The zero-order valence-electron chi connectivity index (χ0n) is 13.0. The molecule has 0 amide bonds. The highest BCUT2D eigenvalue weighted by atomic mass is 35.5. The molecule has 0 radical (unpaired) electrons. The van der Waals surface area contributed by atoms with Crippen LogP contribution in [0.1, 0.15) is 22.3 Å². The first kappa shape index (κ1) is 19.7. The average molecular weight is 405 g/mol. The molecule has 3 rings (SSSR count). The predicted molar refractivity (Wildman–Crippen MR) is 98.3 cm³/mol. The van der Waals surface area contributed by atoms with Gasteiger partial charge in [-0.1, -0.05) is 41.4 Å². The van der Waals surface area contributed by atoms with Gasteiger partial charge in [0.2, 0.25) is 0 Å². The van der Waals surface area contributed by atoms with Gasteiger partial charge in [-0.25, -0.2) is 4.79 Å². The van der Waals surface area contributed by atoms with Crippen molar-refractivity contribution < 1.29 is 19.7 Å². The highest BCUT2D eigenvalue weighted by molar-refractivity contribution is 6.43. The van der Waals surface area contributed by atoms with Crippen molar-refractivity contribution in [1.29, 1.82) is 0 Å². The Morgan fingerprint density at radius 2 is 1.96 bits per heavy atom. The monoisotopic (exact) mass is 403 g/mol. The van der Waals surface area contributed by atoms with E-state index >= 15 is 0 Å². The van der Waals surface area contributed by atoms with E-state index in [0.29, 0.717) is 22.8 Å². The number of aromatic hydroxyl groups is 1. The molecule has 25 heavy (non-hydrogen) atoms. The van der Waals surface area contributed by atoms with Crippen LogP contribution in [0.5, 0.6) is 11.5 Å². The summed E-state index contributed by atoms with van der Waals surface area (Å²) in [6, 6.07) is 7.00. The molecule has 1 aliphatic rings. The third kappa shape index (κ3) is 3.80. The molecule has 0 fully saturated rings. The number of hydrogen-bond acceptors (Lipinski definition) is 4. The van der Waals surface area contributed by atoms with Crippen LogP contribution in [0.4, 0.5) is 0 Å². The van der Waals surface area contributed by atoms with Gasteiger partial charge >= 0.3 is 5.97 Å². The molecule has 0 bridgehead atoms. The van der Waals surface area contributed by atoms with Gasteiger partial charge in [-0.05, 0) is 23.6 Å². The number of aliphatic carboxylic acids is 1. The van der Waals surface area contributed by atoms with Crippen LogP contribution in [0.15, 0.2) is 24.3 Å². The quantitative estimate of drug-likeness (QED) is 0.724. The smallest absolute Gasteiger partial charge is 0.345 e. The van der Waals surface area contributed by atoms with E-state index in [4.69, 9.17) is 38.8 Å². The van der Waals surface area contributed by atoms with E-state index in [1.54, 1.807) is 12.1 Å². The fourth-order valence-electron chi connectivity index (χ4n) is 2.78. The Morgan fingerprint density at radius 3 is 2.60 bits per heavy atom. The molecule has 1 aliphatic heterocycles. The van der Waals surface area contributed by atoms with Crippen molar-refractivity contribution in [2.45, 2.75) is 25.5 Å². The number of phenolic OH excluding ortho intramolecular Hbond substituents is 1. The second kappa shape index (κ2) is 7.70. The number of carbonyl (C=O) groups is 1. The van der Waals surface area contributed by atoms with Gasteiger partial charge < -0.3 is 20.7 Å². The Kier molecular flexibility index (Phi) is 6.06. The first-order chi connectivity index (χ1) is 11.4. The Labute approximate surface area is 160 Å². The van der Waals surface area contributed by atoms with Crippen LogP contribution in [-0.2, 0) is 24.2 Å². The first-order valence-corrected chi connectivity index (χ1v) is 8.06. The van der Waals surface area contributed by atoms with Crippen LogP contribution >= 0.6 is 35.6 Å². The fraction of sp³-hybridized carbons (Fsp3) is 0.235. The SMILES string of the molecule is Cl.NCc1cc(Cc2cc3c(c(Cl)c2Cl)OC(C(=O)O)C3)ccc1O. The minimum absolute atomic E-state index is 0. The average Bonchev–Trinajstić information content (AvgIpc) is 2.98. The molecule has 1 atom stereocenters. The molecule has 1 unspecified atom stereocenters. The van der Waals surface area contributed by atoms with Crippen LogP contribution in [0.2, 0.25) is 10.0 Å². The summed E-state index contributed by atoms with van der Waals surface area (Å²) in [6.07, 6.45) is -0.212. The fourth-order valence-corrected chi connectivity index (χ4v) is 3.28. The van der Waals surface area contributed by atoms with Crippen molar-refractivity contribution >= 4 is 41.6 Å². The molecule has 5 nitrogen and oxygen atoms in total. The molecule has 0 aliphatic carbocycles. The number of carboxylic acid groups (broad SMARTS) is 1. The van der Waals surface area contributed by atoms with E-state index in [1.807, 2.05) is 12.1 Å². The van der Waals surface area contributed by atoms with Gasteiger partial charge in [0.25, 0.3) is 0 Å². The van der Waals surface area contributed by atoms with Crippen molar-refractivity contribution in [3.05, 3.63) is 56.6 Å². The number of rotatable bonds is 4. The maximum atomic E-state index is 11.1. The van der Waals surface area contributed by atoms with Crippen LogP contribution in [0.25, 0.3) is 0 Å². The summed E-state index contributed by atoms with van der Waals surface area (Å²) in [5.41, 5.74) is 8.66. The third-order valence-electron chi connectivity index (χ3n) is 4.01. The number of carboxylic acids is 1. The van der Waals surface area contributed by atoms with Crippen molar-refractivity contribution in [3.63, 3.8) is 0 Å². The van der Waals surface area contributed by atoms with Crippen molar-refractivity contribution in [2.75, 3.05) is 0 Å². The Morgan fingerprint density at radius 1 is 1.24 bits per heavy atom. The van der Waals surface area contributed by atoms with Crippen LogP contribution < -0.4 is 10.5 Å². The van der Waals surface area contributed by atoms with Crippen molar-refractivity contribution in [3.8, 4) is 11.5 Å². The molecule has 0 spiro atoms. The first-order valence-electron chi connectivity index (χ1n) is 7.30. The van der Waals surface area contributed by atoms with Crippen molar-refractivity contribution in [2.24, 2.45) is 5.73 Å². The number of fused-ring (bicyclic) bond motifs is 1. The van der Waals surface area contributed by atoms with Crippen LogP contribution in [0, 0.1) is 0 Å². The summed E-state index contributed by atoms with van der Waals surface area (Å²) in [5.74, 6) is -0.547. The van der Waals surface area contributed by atoms with Gasteiger partial charge in [-0.2, -0.15) is 0 Å². The lowest BCUT2D eigenvalue weighted by Crippen LogP contribution is -2.24. The molecular weight excluding hydrogens is 389 g/mol. The molecule has 4 N–H and O–H groups in total. The zero-order chi connectivity index (χ0) is 17.4. The molecule has 0 saturated carbocycles. The molecule has 8 heteroatoms. The van der Waals surface area contributed by atoms with Gasteiger partial charge in [-0.3, -0.25) is 0 Å². The lowest BCUT2D eigenvalue weighted by molar-refractivity contribution is -0.144. The van der Waals surface area contributed by atoms with Gasteiger partial charge in [0.1, 0.15) is 16.5 Å². The Hall–Kier alpha value is -1.66. The minimum Gasteiger partial charge on any atom is -0.508 e. The molecule has 134 valence electrons. The number of hydrogen-bond donors (Lipinski definition) is 3.